The summed E-state index contributed by atoms with van der Waals surface area (Å²) in [6.07, 6.45) is 0. The van der Waals surface area contributed by atoms with Crippen molar-refractivity contribution < 1.29 is 13.4 Å². The zero-order chi connectivity index (χ0) is 15.0. The van der Waals surface area contributed by atoms with Crippen molar-refractivity contribution >= 4 is 27.8 Å². The number of aryl methyl sites for hydroxylation is 1. The number of oxazole rings is 1. The van der Waals surface area contributed by atoms with E-state index in [1.54, 1.807) is 24.0 Å². The standard InChI is InChI=1S/C15H18N2O3S/c1-10-8-17(6-7-21(19)9-10)15(18)12-4-3-5-13-14(12)16-11(2)20-13/h3-5,10H,6-9H2,1-2H3/t10-,21+/m1/s1. The van der Waals surface area contributed by atoms with Crippen LogP contribution in [0, 0.1) is 12.8 Å². The van der Waals surface area contributed by atoms with Gasteiger partial charge in [-0.15, -0.1) is 0 Å². The Bertz CT molecular complexity index is 710. The Labute approximate surface area is 125 Å². The molecule has 0 saturated carbocycles. The molecular weight excluding hydrogens is 288 g/mol. The van der Waals surface area contributed by atoms with Gasteiger partial charge in [-0.2, -0.15) is 0 Å². The number of rotatable bonds is 1. The molecule has 1 aliphatic heterocycles. The Morgan fingerprint density at radius 3 is 3.10 bits per heavy atom. The van der Waals surface area contributed by atoms with E-state index >= 15 is 0 Å². The topological polar surface area (TPSA) is 63.4 Å². The summed E-state index contributed by atoms with van der Waals surface area (Å²) in [4.78, 5) is 18.9. The van der Waals surface area contributed by atoms with E-state index in [1.807, 2.05) is 13.0 Å². The number of benzene rings is 1. The highest BCUT2D eigenvalue weighted by molar-refractivity contribution is 7.85. The maximum Gasteiger partial charge on any atom is 0.256 e. The van der Waals surface area contributed by atoms with E-state index in [1.165, 1.54) is 0 Å². The van der Waals surface area contributed by atoms with Crippen molar-refractivity contribution in [2.45, 2.75) is 13.8 Å². The molecule has 1 saturated heterocycles. The van der Waals surface area contributed by atoms with Gasteiger partial charge in [-0.1, -0.05) is 13.0 Å². The lowest BCUT2D eigenvalue weighted by Crippen LogP contribution is -2.35. The summed E-state index contributed by atoms with van der Waals surface area (Å²) in [5, 5.41) is 0. The fraction of sp³-hybridized carbons (Fsp3) is 0.467. The molecule has 21 heavy (non-hydrogen) atoms. The molecule has 1 aromatic heterocycles. The van der Waals surface area contributed by atoms with Crippen molar-refractivity contribution in [3.8, 4) is 0 Å². The van der Waals surface area contributed by atoms with Gasteiger partial charge < -0.3 is 9.32 Å². The first-order chi connectivity index (χ1) is 10.0. The van der Waals surface area contributed by atoms with E-state index in [2.05, 4.69) is 4.98 Å². The monoisotopic (exact) mass is 306 g/mol. The van der Waals surface area contributed by atoms with Crippen molar-refractivity contribution in [2.24, 2.45) is 5.92 Å². The van der Waals surface area contributed by atoms with Crippen molar-refractivity contribution in [2.75, 3.05) is 24.6 Å². The summed E-state index contributed by atoms with van der Waals surface area (Å²) in [5.74, 6) is 1.95. The number of para-hydroxylation sites is 1. The SMILES string of the molecule is Cc1nc2c(C(=O)N3CC[S@](=O)C[C@H](C)C3)cccc2o1. The van der Waals surface area contributed by atoms with Gasteiger partial charge in [-0.25, -0.2) is 4.98 Å². The maximum absolute atomic E-state index is 12.8. The quantitative estimate of drug-likeness (QED) is 0.808. The van der Waals surface area contributed by atoms with E-state index in [0.717, 1.165) is 0 Å². The number of fused-ring (bicyclic) bond motifs is 1. The normalized spacial score (nSPS) is 23.2. The molecule has 1 aliphatic rings. The smallest absolute Gasteiger partial charge is 0.256 e. The van der Waals surface area contributed by atoms with Gasteiger partial charge in [0.1, 0.15) is 5.52 Å². The predicted molar refractivity (Wildman–Crippen MR) is 81.7 cm³/mol. The van der Waals surface area contributed by atoms with Crippen LogP contribution in [0.15, 0.2) is 22.6 Å². The molecule has 6 heteroatoms. The van der Waals surface area contributed by atoms with Crippen LogP contribution in [0.3, 0.4) is 0 Å². The van der Waals surface area contributed by atoms with Crippen LogP contribution in [-0.4, -0.2) is 44.6 Å². The molecule has 0 unspecified atom stereocenters. The largest absolute Gasteiger partial charge is 0.441 e. The highest BCUT2D eigenvalue weighted by Gasteiger charge is 2.25. The average molecular weight is 306 g/mol. The van der Waals surface area contributed by atoms with Gasteiger partial charge in [0.25, 0.3) is 5.91 Å². The van der Waals surface area contributed by atoms with Crippen LogP contribution in [0.5, 0.6) is 0 Å². The first-order valence-corrected chi connectivity index (χ1v) is 8.54. The highest BCUT2D eigenvalue weighted by atomic mass is 32.2. The Morgan fingerprint density at radius 1 is 1.48 bits per heavy atom. The molecule has 0 N–H and O–H groups in total. The zero-order valence-corrected chi connectivity index (χ0v) is 13.0. The number of hydrogen-bond donors (Lipinski definition) is 0. The van der Waals surface area contributed by atoms with Crippen LogP contribution in [0.25, 0.3) is 11.1 Å². The van der Waals surface area contributed by atoms with Gasteiger partial charge in [-0.3, -0.25) is 9.00 Å². The van der Waals surface area contributed by atoms with Crippen LogP contribution >= 0.6 is 0 Å². The minimum absolute atomic E-state index is 0.0559. The first kappa shape index (κ1) is 14.3. The molecule has 1 amide bonds. The summed E-state index contributed by atoms with van der Waals surface area (Å²) >= 11 is 0. The molecule has 2 atom stereocenters. The number of nitrogens with zero attached hydrogens (tertiary/aromatic N) is 2. The molecule has 0 aliphatic carbocycles. The molecule has 0 bridgehead atoms. The van der Waals surface area contributed by atoms with Gasteiger partial charge in [0.2, 0.25) is 0 Å². The first-order valence-electron chi connectivity index (χ1n) is 7.05. The lowest BCUT2D eigenvalue weighted by atomic mass is 10.1. The van der Waals surface area contributed by atoms with Crippen LogP contribution in [0.1, 0.15) is 23.2 Å². The molecule has 3 rings (SSSR count). The maximum atomic E-state index is 12.8. The third kappa shape index (κ3) is 2.85. The molecule has 1 aromatic carbocycles. The fourth-order valence-corrected chi connectivity index (χ4v) is 4.05. The molecule has 2 aromatic rings. The molecule has 112 valence electrons. The second kappa shape index (κ2) is 5.60. The minimum atomic E-state index is -0.832. The third-order valence-electron chi connectivity index (χ3n) is 3.63. The second-order valence-electron chi connectivity index (χ2n) is 5.55. The lowest BCUT2D eigenvalue weighted by molar-refractivity contribution is 0.0753. The van der Waals surface area contributed by atoms with Gasteiger partial charge in [0.15, 0.2) is 11.5 Å². The predicted octanol–water partition coefficient (Wildman–Crippen LogP) is 1.98. The van der Waals surface area contributed by atoms with Crippen molar-refractivity contribution in [1.82, 2.24) is 9.88 Å². The summed E-state index contributed by atoms with van der Waals surface area (Å²) < 4.78 is 17.2. The van der Waals surface area contributed by atoms with Gasteiger partial charge in [-0.05, 0) is 18.1 Å². The van der Waals surface area contributed by atoms with Crippen LogP contribution in [-0.2, 0) is 10.8 Å². The summed E-state index contributed by atoms with van der Waals surface area (Å²) in [6, 6.07) is 5.39. The van der Waals surface area contributed by atoms with Gasteiger partial charge >= 0.3 is 0 Å². The molecular formula is C15H18N2O3S. The van der Waals surface area contributed by atoms with E-state index in [4.69, 9.17) is 4.42 Å². The molecule has 2 heterocycles. The van der Waals surface area contributed by atoms with Gasteiger partial charge in [0, 0.05) is 42.3 Å². The van der Waals surface area contributed by atoms with Crippen molar-refractivity contribution in [1.29, 1.82) is 0 Å². The molecule has 5 nitrogen and oxygen atoms in total. The molecule has 1 fully saturated rings. The number of carbonyl (C=O) groups excluding carboxylic acids is 1. The van der Waals surface area contributed by atoms with Crippen LogP contribution < -0.4 is 0 Å². The third-order valence-corrected chi connectivity index (χ3v) is 5.21. The second-order valence-corrected chi connectivity index (χ2v) is 7.17. The Hall–Kier alpha value is -1.69. The number of amides is 1. The zero-order valence-electron chi connectivity index (χ0n) is 12.2. The Balaban J connectivity index is 1.94. The van der Waals surface area contributed by atoms with Gasteiger partial charge in [0.05, 0.1) is 5.56 Å². The summed E-state index contributed by atoms with van der Waals surface area (Å²) in [7, 11) is -0.832. The minimum Gasteiger partial charge on any atom is -0.441 e. The van der Waals surface area contributed by atoms with E-state index in [-0.39, 0.29) is 11.8 Å². The van der Waals surface area contributed by atoms with E-state index in [9.17, 15) is 9.00 Å². The number of hydrogen-bond acceptors (Lipinski definition) is 4. The fourth-order valence-electron chi connectivity index (χ4n) is 2.72. The molecule has 0 radical (unpaired) electrons. The van der Waals surface area contributed by atoms with Crippen molar-refractivity contribution in [3.05, 3.63) is 29.7 Å². The van der Waals surface area contributed by atoms with E-state index < -0.39 is 10.8 Å². The average Bonchev–Trinajstić information content (AvgIpc) is 2.73. The summed E-state index contributed by atoms with van der Waals surface area (Å²) in [5.41, 5.74) is 1.80. The van der Waals surface area contributed by atoms with Crippen LogP contribution in [0.4, 0.5) is 0 Å². The summed E-state index contributed by atoms with van der Waals surface area (Å²) in [6.45, 7) is 4.97. The van der Waals surface area contributed by atoms with E-state index in [0.29, 0.717) is 47.1 Å². The molecule has 0 spiro atoms. The van der Waals surface area contributed by atoms with Crippen molar-refractivity contribution in [3.63, 3.8) is 0 Å². The highest BCUT2D eigenvalue weighted by Crippen LogP contribution is 2.21. The Kier molecular flexibility index (Phi) is 3.80. The Morgan fingerprint density at radius 2 is 2.29 bits per heavy atom. The van der Waals surface area contributed by atoms with Crippen LogP contribution in [0.2, 0.25) is 0 Å². The number of aromatic nitrogens is 1. The number of carbonyl (C=O) groups is 1. The lowest BCUT2D eigenvalue weighted by Gasteiger charge is -2.22.